The minimum atomic E-state index is 0.0253. The predicted octanol–water partition coefficient (Wildman–Crippen LogP) is 2.84. The molecule has 0 aliphatic rings. The zero-order valence-corrected chi connectivity index (χ0v) is 12.1. The number of carbonyl (C=O) groups is 1. The van der Waals surface area contributed by atoms with E-state index in [1.54, 1.807) is 13.4 Å². The Bertz CT molecular complexity index is 523. The van der Waals surface area contributed by atoms with Crippen molar-refractivity contribution in [3.05, 3.63) is 54.0 Å². The Morgan fingerprint density at radius 3 is 2.75 bits per heavy atom. The molecule has 0 saturated heterocycles. The fourth-order valence-electron chi connectivity index (χ4n) is 1.63. The Morgan fingerprint density at radius 1 is 1.30 bits per heavy atom. The predicted molar refractivity (Wildman–Crippen MR) is 79.7 cm³/mol. The zero-order chi connectivity index (χ0) is 14.2. The maximum Gasteiger partial charge on any atom is 0.230 e. The average molecular weight is 291 g/mol. The molecule has 2 aromatic rings. The lowest BCUT2D eigenvalue weighted by Gasteiger charge is -2.06. The lowest BCUT2D eigenvalue weighted by Crippen LogP contribution is -2.24. The van der Waals surface area contributed by atoms with E-state index in [9.17, 15) is 4.79 Å². The second kappa shape index (κ2) is 7.65. The van der Waals surface area contributed by atoms with Crippen LogP contribution in [0.1, 0.15) is 11.3 Å². The van der Waals surface area contributed by atoms with Gasteiger partial charge in [-0.25, -0.2) is 0 Å². The Kier molecular flexibility index (Phi) is 5.55. The molecular weight excluding hydrogens is 274 g/mol. The van der Waals surface area contributed by atoms with Crippen LogP contribution >= 0.6 is 11.8 Å². The molecule has 1 amide bonds. The lowest BCUT2D eigenvalue weighted by molar-refractivity contribution is -0.118. The third kappa shape index (κ3) is 4.66. The van der Waals surface area contributed by atoms with Gasteiger partial charge in [-0.05, 0) is 29.8 Å². The number of benzene rings is 1. The number of ether oxygens (including phenoxy) is 1. The molecule has 1 aromatic heterocycles. The van der Waals surface area contributed by atoms with Gasteiger partial charge in [0.25, 0.3) is 0 Å². The van der Waals surface area contributed by atoms with Gasteiger partial charge in [-0.1, -0.05) is 12.1 Å². The van der Waals surface area contributed by atoms with Gasteiger partial charge < -0.3 is 14.5 Å². The minimum Gasteiger partial charge on any atom is -0.497 e. The van der Waals surface area contributed by atoms with Crippen LogP contribution < -0.4 is 10.1 Å². The van der Waals surface area contributed by atoms with Crippen LogP contribution in [0.15, 0.2) is 47.1 Å². The Hall–Kier alpha value is -1.88. The van der Waals surface area contributed by atoms with E-state index in [4.69, 9.17) is 9.15 Å². The van der Waals surface area contributed by atoms with Crippen LogP contribution in [0.2, 0.25) is 0 Å². The molecular formula is C15H17NO3S. The number of thioether (sulfide) groups is 1. The molecule has 0 unspecified atom stereocenters. The second-order valence-electron chi connectivity index (χ2n) is 4.20. The van der Waals surface area contributed by atoms with E-state index >= 15 is 0 Å². The lowest BCUT2D eigenvalue weighted by atomic mass is 10.2. The smallest absolute Gasteiger partial charge is 0.230 e. The first-order valence-electron chi connectivity index (χ1n) is 6.27. The topological polar surface area (TPSA) is 51.5 Å². The van der Waals surface area contributed by atoms with Crippen molar-refractivity contribution < 1.29 is 13.9 Å². The maximum absolute atomic E-state index is 11.7. The fourth-order valence-corrected chi connectivity index (χ4v) is 2.39. The van der Waals surface area contributed by atoms with Crippen LogP contribution in [-0.4, -0.2) is 18.8 Å². The third-order valence-corrected chi connectivity index (χ3v) is 3.66. The highest BCUT2D eigenvalue weighted by atomic mass is 32.2. The second-order valence-corrected chi connectivity index (χ2v) is 5.18. The molecule has 0 aliphatic carbocycles. The van der Waals surface area contributed by atoms with Gasteiger partial charge in [0.15, 0.2) is 0 Å². The van der Waals surface area contributed by atoms with Gasteiger partial charge in [-0.15, -0.1) is 11.8 Å². The molecule has 2 rings (SSSR count). The van der Waals surface area contributed by atoms with E-state index in [0.717, 1.165) is 17.1 Å². The van der Waals surface area contributed by atoms with Crippen molar-refractivity contribution in [1.82, 2.24) is 5.32 Å². The van der Waals surface area contributed by atoms with E-state index in [0.29, 0.717) is 18.1 Å². The summed E-state index contributed by atoms with van der Waals surface area (Å²) in [5.41, 5.74) is 1.05. The van der Waals surface area contributed by atoms with Crippen LogP contribution in [0.5, 0.6) is 5.75 Å². The van der Waals surface area contributed by atoms with Crippen molar-refractivity contribution in [2.45, 2.75) is 12.3 Å². The summed E-state index contributed by atoms with van der Waals surface area (Å²) < 4.78 is 10.3. The Morgan fingerprint density at radius 2 is 2.10 bits per heavy atom. The highest BCUT2D eigenvalue weighted by molar-refractivity contribution is 7.99. The first-order valence-corrected chi connectivity index (χ1v) is 7.43. The van der Waals surface area contributed by atoms with Crippen molar-refractivity contribution in [3.8, 4) is 5.75 Å². The summed E-state index contributed by atoms with van der Waals surface area (Å²) in [7, 11) is 1.63. The SMILES string of the molecule is COc1ccc(CNC(=O)CSCc2ccco2)cc1. The molecule has 20 heavy (non-hydrogen) atoms. The third-order valence-electron chi connectivity index (χ3n) is 2.71. The first-order chi connectivity index (χ1) is 9.78. The van der Waals surface area contributed by atoms with Crippen molar-refractivity contribution in [2.75, 3.05) is 12.9 Å². The number of hydrogen-bond acceptors (Lipinski definition) is 4. The fraction of sp³-hybridized carbons (Fsp3) is 0.267. The molecule has 0 fully saturated rings. The highest BCUT2D eigenvalue weighted by Crippen LogP contribution is 2.13. The molecule has 4 nitrogen and oxygen atoms in total. The normalized spacial score (nSPS) is 10.2. The number of amides is 1. The van der Waals surface area contributed by atoms with Gasteiger partial charge in [0, 0.05) is 6.54 Å². The summed E-state index contributed by atoms with van der Waals surface area (Å²) in [6.45, 7) is 0.532. The molecule has 0 saturated carbocycles. The average Bonchev–Trinajstić information content (AvgIpc) is 2.99. The number of rotatable bonds is 7. The molecule has 0 bridgehead atoms. The summed E-state index contributed by atoms with van der Waals surface area (Å²) in [5, 5.41) is 2.89. The van der Waals surface area contributed by atoms with Crippen LogP contribution in [0, 0.1) is 0 Å². The summed E-state index contributed by atoms with van der Waals surface area (Å²) in [6, 6.07) is 11.4. The van der Waals surface area contributed by atoms with E-state index < -0.39 is 0 Å². The van der Waals surface area contributed by atoms with E-state index in [1.165, 1.54) is 11.8 Å². The van der Waals surface area contributed by atoms with Crippen molar-refractivity contribution in [2.24, 2.45) is 0 Å². The van der Waals surface area contributed by atoms with E-state index in [-0.39, 0.29) is 5.91 Å². The number of hydrogen-bond donors (Lipinski definition) is 1. The van der Waals surface area contributed by atoms with Gasteiger partial charge in [0.2, 0.25) is 5.91 Å². The van der Waals surface area contributed by atoms with Crippen LogP contribution in [0.25, 0.3) is 0 Å². The molecule has 5 heteroatoms. The van der Waals surface area contributed by atoms with Crippen molar-refractivity contribution in [3.63, 3.8) is 0 Å². The summed E-state index contributed by atoms with van der Waals surface area (Å²) in [5.74, 6) is 2.87. The van der Waals surface area contributed by atoms with Gasteiger partial charge in [-0.2, -0.15) is 0 Å². The van der Waals surface area contributed by atoms with E-state index in [2.05, 4.69) is 5.32 Å². The summed E-state index contributed by atoms with van der Waals surface area (Å²) in [6.07, 6.45) is 1.64. The molecule has 0 spiro atoms. The van der Waals surface area contributed by atoms with Crippen molar-refractivity contribution in [1.29, 1.82) is 0 Å². The number of carbonyl (C=O) groups excluding carboxylic acids is 1. The monoisotopic (exact) mass is 291 g/mol. The van der Waals surface area contributed by atoms with Gasteiger partial charge >= 0.3 is 0 Å². The molecule has 0 radical (unpaired) electrons. The molecule has 0 atom stereocenters. The molecule has 1 heterocycles. The van der Waals surface area contributed by atoms with Gasteiger partial charge in [0.1, 0.15) is 11.5 Å². The van der Waals surface area contributed by atoms with Gasteiger partial charge in [-0.3, -0.25) is 4.79 Å². The van der Waals surface area contributed by atoms with E-state index in [1.807, 2.05) is 36.4 Å². The van der Waals surface area contributed by atoms with Crippen LogP contribution in [0.4, 0.5) is 0 Å². The standard InChI is InChI=1S/C15H17NO3S/c1-18-13-6-4-12(5-7-13)9-16-15(17)11-20-10-14-3-2-8-19-14/h2-8H,9-11H2,1H3,(H,16,17). The minimum absolute atomic E-state index is 0.0253. The molecule has 106 valence electrons. The van der Waals surface area contributed by atoms with Crippen molar-refractivity contribution >= 4 is 17.7 Å². The molecule has 0 aliphatic heterocycles. The summed E-state index contributed by atoms with van der Waals surface area (Å²) in [4.78, 5) is 11.7. The Labute approximate surface area is 122 Å². The number of furan rings is 1. The van der Waals surface area contributed by atoms with Crippen LogP contribution in [-0.2, 0) is 17.1 Å². The maximum atomic E-state index is 11.7. The largest absolute Gasteiger partial charge is 0.497 e. The molecule has 1 N–H and O–H groups in total. The molecule has 1 aromatic carbocycles. The number of nitrogens with one attached hydrogen (secondary N) is 1. The first kappa shape index (κ1) is 14.5. The zero-order valence-electron chi connectivity index (χ0n) is 11.3. The quantitative estimate of drug-likeness (QED) is 0.852. The highest BCUT2D eigenvalue weighted by Gasteiger charge is 2.03. The summed E-state index contributed by atoms with van der Waals surface area (Å²) >= 11 is 1.53. The number of methoxy groups -OCH3 is 1. The van der Waals surface area contributed by atoms with Crippen LogP contribution in [0.3, 0.4) is 0 Å². The Balaban J connectivity index is 1.66. The van der Waals surface area contributed by atoms with Gasteiger partial charge in [0.05, 0.1) is 24.9 Å².